The van der Waals surface area contributed by atoms with Gasteiger partial charge in [0, 0.05) is 29.4 Å². The van der Waals surface area contributed by atoms with E-state index in [9.17, 15) is 23.4 Å². The number of amides is 1. The molecule has 0 radical (unpaired) electrons. The number of aliphatic hydroxyl groups is 2. The van der Waals surface area contributed by atoms with E-state index >= 15 is 0 Å². The summed E-state index contributed by atoms with van der Waals surface area (Å²) in [5.41, 5.74) is 2.09. The first-order valence-electron chi connectivity index (χ1n) is 12.6. The minimum Gasteiger partial charge on any atom is -0.496 e. The van der Waals surface area contributed by atoms with Crippen LogP contribution in [0.4, 0.5) is 5.82 Å². The highest BCUT2D eigenvalue weighted by Crippen LogP contribution is 2.49. The largest absolute Gasteiger partial charge is 0.496 e. The van der Waals surface area contributed by atoms with E-state index in [2.05, 4.69) is 10.3 Å². The molecule has 1 atom stereocenters. The number of carbonyl (C=O) groups excluding carboxylic acids is 1. The maximum Gasteiger partial charge on any atom is 0.243 e. The molecule has 0 unspecified atom stereocenters. The average Bonchev–Trinajstić information content (AvgIpc) is 3.62. The number of nitrogens with one attached hydrogen (secondary N) is 1. The molecule has 1 amide bonds. The van der Waals surface area contributed by atoms with E-state index in [1.165, 1.54) is 4.31 Å². The van der Waals surface area contributed by atoms with Crippen molar-refractivity contribution in [2.24, 2.45) is 0 Å². The SMILES string of the molecule is COc1ccc(C2(C(=O)Nc3cccc(-c4ccc(S(=O)(=O)N5CCC[C@@H]5CO)cc4)n3)CC2)cc1CO.[HH].[HH].[HH].[HH]. The van der Waals surface area contributed by atoms with Crippen LogP contribution in [0.25, 0.3) is 11.3 Å². The number of pyridine rings is 1. The Kier molecular flexibility index (Phi) is 7.23. The lowest BCUT2D eigenvalue weighted by molar-refractivity contribution is -0.118. The van der Waals surface area contributed by atoms with Gasteiger partial charge in [-0.2, -0.15) is 4.31 Å². The van der Waals surface area contributed by atoms with E-state index in [4.69, 9.17) is 4.74 Å². The maximum absolute atomic E-state index is 13.3. The first-order chi connectivity index (χ1) is 18.3. The molecule has 0 spiro atoms. The number of rotatable bonds is 9. The molecule has 38 heavy (non-hydrogen) atoms. The standard InChI is InChI=1S/C28H31N3O6S.4H2/c1-37-25-12-9-21(16-20(25)17-32)28(13-14-28)27(34)30-26-6-2-5-24(29-26)19-7-10-23(11-8-19)38(35,36)31-15-3-4-22(31)18-33;;;;/h2,5-12,16,22,32-33H,3-4,13-15,17-18H2,1H3,(H,29,30,34);4*1H/t22-;;;;/m1..../s1. The Balaban J connectivity index is 0.00000220. The molecule has 3 N–H and O–H groups in total. The molecule has 0 bridgehead atoms. The zero-order chi connectivity index (χ0) is 26.9. The lowest BCUT2D eigenvalue weighted by atomic mass is 9.93. The second-order valence-electron chi connectivity index (χ2n) is 9.75. The highest BCUT2D eigenvalue weighted by molar-refractivity contribution is 7.89. The summed E-state index contributed by atoms with van der Waals surface area (Å²) in [5, 5.41) is 22.1. The molecule has 2 aliphatic rings. The fourth-order valence-electron chi connectivity index (χ4n) is 5.11. The Morgan fingerprint density at radius 3 is 2.58 bits per heavy atom. The molecule has 3 aromatic rings. The van der Waals surface area contributed by atoms with E-state index in [0.29, 0.717) is 54.2 Å². The molecule has 2 heterocycles. The summed E-state index contributed by atoms with van der Waals surface area (Å²) in [6.07, 6.45) is 2.77. The van der Waals surface area contributed by atoms with E-state index in [0.717, 1.165) is 12.0 Å². The number of aromatic nitrogens is 1. The second kappa shape index (κ2) is 10.5. The minimum absolute atomic E-state index is 0. The first-order valence-corrected chi connectivity index (χ1v) is 14.1. The highest BCUT2D eigenvalue weighted by atomic mass is 32.2. The minimum atomic E-state index is -3.70. The number of anilines is 1. The fraction of sp³-hybridized carbons (Fsp3) is 0.357. The van der Waals surface area contributed by atoms with Gasteiger partial charge in [-0.15, -0.1) is 0 Å². The number of carbonyl (C=O) groups is 1. The van der Waals surface area contributed by atoms with E-state index < -0.39 is 15.4 Å². The number of ether oxygens (including phenoxy) is 1. The predicted molar refractivity (Wildman–Crippen MR) is 151 cm³/mol. The molecular weight excluding hydrogens is 506 g/mol. The van der Waals surface area contributed by atoms with Gasteiger partial charge < -0.3 is 20.3 Å². The fourth-order valence-corrected chi connectivity index (χ4v) is 6.80. The number of hydrogen-bond donors (Lipinski definition) is 3. The Morgan fingerprint density at radius 2 is 1.92 bits per heavy atom. The topological polar surface area (TPSA) is 129 Å². The van der Waals surface area contributed by atoms with Crippen LogP contribution in [0.1, 0.15) is 42.5 Å². The van der Waals surface area contributed by atoms with Crippen molar-refractivity contribution < 1.29 is 33.9 Å². The summed E-state index contributed by atoms with van der Waals surface area (Å²) in [5.74, 6) is 0.810. The van der Waals surface area contributed by atoms with Gasteiger partial charge in [-0.25, -0.2) is 13.4 Å². The van der Waals surface area contributed by atoms with Crippen molar-refractivity contribution in [3.05, 3.63) is 71.8 Å². The molecule has 1 aliphatic heterocycles. The zero-order valence-electron chi connectivity index (χ0n) is 21.1. The lowest BCUT2D eigenvalue weighted by Crippen LogP contribution is -2.37. The van der Waals surface area contributed by atoms with E-state index in [-0.39, 0.29) is 35.8 Å². The zero-order valence-corrected chi connectivity index (χ0v) is 21.9. The van der Waals surface area contributed by atoms with Crippen LogP contribution in [0.3, 0.4) is 0 Å². The smallest absolute Gasteiger partial charge is 0.243 e. The predicted octanol–water partition coefficient (Wildman–Crippen LogP) is 4.05. The molecule has 10 heteroatoms. The summed E-state index contributed by atoms with van der Waals surface area (Å²) in [6.45, 7) is 0.0263. The Labute approximate surface area is 228 Å². The van der Waals surface area contributed by atoms with Crippen molar-refractivity contribution >= 4 is 21.7 Å². The average molecular weight is 546 g/mol. The molecule has 1 saturated carbocycles. The third-order valence-corrected chi connectivity index (χ3v) is 9.44. The van der Waals surface area contributed by atoms with Gasteiger partial charge >= 0.3 is 0 Å². The van der Waals surface area contributed by atoms with Gasteiger partial charge in [0.25, 0.3) is 0 Å². The van der Waals surface area contributed by atoms with E-state index in [1.54, 1.807) is 55.6 Å². The van der Waals surface area contributed by atoms with Crippen LogP contribution in [-0.2, 0) is 26.8 Å². The van der Waals surface area contributed by atoms with Crippen molar-refractivity contribution in [2.45, 2.75) is 48.6 Å². The van der Waals surface area contributed by atoms with Crippen molar-refractivity contribution in [1.29, 1.82) is 0 Å². The van der Waals surface area contributed by atoms with Crippen molar-refractivity contribution in [3.8, 4) is 17.0 Å². The maximum atomic E-state index is 13.3. The summed E-state index contributed by atoms with van der Waals surface area (Å²) in [4.78, 5) is 18.1. The highest BCUT2D eigenvalue weighted by Gasteiger charge is 2.51. The molecule has 2 fully saturated rings. The van der Waals surface area contributed by atoms with Gasteiger partial charge in [-0.1, -0.05) is 24.3 Å². The third kappa shape index (κ3) is 4.80. The van der Waals surface area contributed by atoms with Gasteiger partial charge in [0.2, 0.25) is 15.9 Å². The van der Waals surface area contributed by atoms with Gasteiger partial charge in [-0.05, 0) is 67.6 Å². The number of sulfonamides is 1. The molecule has 1 aliphatic carbocycles. The first kappa shape index (κ1) is 26.3. The Morgan fingerprint density at radius 1 is 1.16 bits per heavy atom. The van der Waals surface area contributed by atoms with Crippen molar-refractivity contribution in [1.82, 2.24) is 9.29 Å². The van der Waals surface area contributed by atoms with Crippen LogP contribution >= 0.6 is 0 Å². The van der Waals surface area contributed by atoms with Crippen LogP contribution in [0.2, 0.25) is 0 Å². The van der Waals surface area contributed by atoms with Crippen molar-refractivity contribution in [2.75, 3.05) is 25.6 Å². The van der Waals surface area contributed by atoms with Crippen LogP contribution in [0, 0.1) is 0 Å². The molecular formula is C28H39N3O6S. The van der Waals surface area contributed by atoms with Crippen molar-refractivity contribution in [3.63, 3.8) is 0 Å². The molecule has 5 rings (SSSR count). The van der Waals surface area contributed by atoms with Crippen LogP contribution in [-0.4, -0.2) is 60.1 Å². The van der Waals surface area contributed by atoms with Crippen LogP contribution in [0.5, 0.6) is 5.75 Å². The quantitative estimate of drug-likeness (QED) is 0.370. The Bertz CT molecular complexity index is 1460. The second-order valence-corrected chi connectivity index (χ2v) is 11.6. The number of hydrogen-bond acceptors (Lipinski definition) is 7. The third-order valence-electron chi connectivity index (χ3n) is 7.47. The van der Waals surface area contributed by atoms with Gasteiger partial charge in [0.05, 0.1) is 36.3 Å². The van der Waals surface area contributed by atoms with Gasteiger partial charge in [0.1, 0.15) is 11.6 Å². The molecule has 208 valence electrons. The van der Waals surface area contributed by atoms with Gasteiger partial charge in [-0.3, -0.25) is 4.79 Å². The van der Waals surface area contributed by atoms with Crippen LogP contribution in [0.15, 0.2) is 65.6 Å². The number of benzene rings is 2. The summed E-state index contributed by atoms with van der Waals surface area (Å²) in [6, 6.07) is 16.8. The summed E-state index contributed by atoms with van der Waals surface area (Å²) < 4.78 is 32.8. The van der Waals surface area contributed by atoms with Gasteiger partial charge in [0.15, 0.2) is 0 Å². The summed E-state index contributed by atoms with van der Waals surface area (Å²) in [7, 11) is -2.16. The monoisotopic (exact) mass is 545 g/mol. The number of nitrogens with zero attached hydrogens (tertiary/aromatic N) is 2. The van der Waals surface area contributed by atoms with Crippen LogP contribution < -0.4 is 10.1 Å². The summed E-state index contributed by atoms with van der Waals surface area (Å²) >= 11 is 0. The van der Waals surface area contributed by atoms with E-state index in [1.807, 2.05) is 12.1 Å². The number of methoxy groups -OCH3 is 1. The molecule has 9 nitrogen and oxygen atoms in total. The normalized spacial score (nSPS) is 18.8. The molecule has 1 aromatic heterocycles. The lowest BCUT2D eigenvalue weighted by Gasteiger charge is -2.22. The Hall–Kier alpha value is -3.31. The molecule has 2 aromatic carbocycles. The molecule has 1 saturated heterocycles. The number of aliphatic hydroxyl groups excluding tert-OH is 2.